The molecule has 0 saturated heterocycles. The zero-order valence-corrected chi connectivity index (χ0v) is 17.8. The number of para-hydroxylation sites is 1. The van der Waals surface area contributed by atoms with Gasteiger partial charge < -0.3 is 24.2 Å². The maximum atomic E-state index is 14.9. The van der Waals surface area contributed by atoms with E-state index in [0.29, 0.717) is 12.2 Å². The number of aromatic hydroxyl groups is 2. The molecule has 0 aliphatic heterocycles. The Labute approximate surface area is 188 Å². The Hall–Kier alpha value is -4.26. The number of fused-ring (bicyclic) bond motifs is 1. The van der Waals surface area contributed by atoms with Crippen molar-refractivity contribution in [3.05, 3.63) is 95.3 Å². The molecule has 7 heteroatoms. The highest BCUT2D eigenvalue weighted by molar-refractivity contribution is 6.13. The summed E-state index contributed by atoms with van der Waals surface area (Å²) in [4.78, 5) is 16.5. The number of halogens is 1. The highest BCUT2D eigenvalue weighted by Gasteiger charge is 2.31. The second-order valence-corrected chi connectivity index (χ2v) is 7.88. The number of furan rings is 1. The second kappa shape index (κ2) is 8.02. The SMILES string of the molecule is Cc1ccc(C(=O)c2c(O)c(O)n(CCc3c[nH]c4ccccc34)c2-c2ccccc2F)o1. The third-order valence-corrected chi connectivity index (χ3v) is 5.81. The lowest BCUT2D eigenvalue weighted by Gasteiger charge is -2.12. The van der Waals surface area contributed by atoms with Gasteiger partial charge >= 0.3 is 0 Å². The monoisotopic (exact) mass is 444 g/mol. The van der Waals surface area contributed by atoms with Crippen molar-refractivity contribution >= 4 is 16.7 Å². The van der Waals surface area contributed by atoms with Crippen LogP contribution < -0.4 is 0 Å². The molecule has 3 aromatic heterocycles. The van der Waals surface area contributed by atoms with Gasteiger partial charge in [0.2, 0.25) is 11.7 Å². The first-order chi connectivity index (χ1) is 16.0. The number of benzene rings is 2. The van der Waals surface area contributed by atoms with Crippen LogP contribution in [0.1, 0.15) is 27.4 Å². The first kappa shape index (κ1) is 20.6. The van der Waals surface area contributed by atoms with Crippen LogP contribution in [0.15, 0.2) is 71.3 Å². The van der Waals surface area contributed by atoms with Crippen LogP contribution in [0.25, 0.3) is 22.2 Å². The molecule has 3 N–H and O–H groups in total. The van der Waals surface area contributed by atoms with Crippen molar-refractivity contribution in [1.29, 1.82) is 0 Å². The molecule has 0 atom stereocenters. The Balaban J connectivity index is 1.64. The Morgan fingerprint density at radius 2 is 1.82 bits per heavy atom. The molecule has 5 rings (SSSR count). The van der Waals surface area contributed by atoms with Gasteiger partial charge in [0.25, 0.3) is 0 Å². The van der Waals surface area contributed by atoms with Crippen molar-refractivity contribution in [2.45, 2.75) is 19.9 Å². The van der Waals surface area contributed by atoms with E-state index in [0.717, 1.165) is 16.5 Å². The van der Waals surface area contributed by atoms with Gasteiger partial charge in [-0.25, -0.2) is 4.39 Å². The highest BCUT2D eigenvalue weighted by Crippen LogP contribution is 2.43. The lowest BCUT2D eigenvalue weighted by Crippen LogP contribution is -2.07. The number of hydrogen-bond donors (Lipinski definition) is 3. The van der Waals surface area contributed by atoms with Gasteiger partial charge in [-0.3, -0.25) is 4.79 Å². The molecule has 0 aliphatic rings. The van der Waals surface area contributed by atoms with Crippen LogP contribution in [0.4, 0.5) is 4.39 Å². The third kappa shape index (κ3) is 3.47. The molecule has 0 spiro atoms. The van der Waals surface area contributed by atoms with Crippen LogP contribution in [0.5, 0.6) is 11.6 Å². The predicted molar refractivity (Wildman–Crippen MR) is 122 cm³/mol. The minimum Gasteiger partial charge on any atom is -0.503 e. The molecule has 6 nitrogen and oxygen atoms in total. The molecule has 5 aromatic rings. The predicted octanol–water partition coefficient (Wildman–Crippen LogP) is 5.56. The van der Waals surface area contributed by atoms with Crippen molar-refractivity contribution in [3.8, 4) is 22.9 Å². The molecule has 0 unspecified atom stereocenters. The van der Waals surface area contributed by atoms with Crippen LogP contribution in [0.3, 0.4) is 0 Å². The minimum absolute atomic E-state index is 0.00540. The van der Waals surface area contributed by atoms with Gasteiger partial charge in [0.1, 0.15) is 11.6 Å². The average Bonchev–Trinajstić information content (AvgIpc) is 3.50. The summed E-state index contributed by atoms with van der Waals surface area (Å²) in [7, 11) is 0. The molecule has 166 valence electrons. The normalized spacial score (nSPS) is 11.3. The fourth-order valence-corrected chi connectivity index (χ4v) is 4.21. The van der Waals surface area contributed by atoms with Crippen molar-refractivity contribution < 1.29 is 23.8 Å². The van der Waals surface area contributed by atoms with Gasteiger partial charge in [-0.15, -0.1) is 0 Å². The van der Waals surface area contributed by atoms with E-state index >= 15 is 0 Å². The van der Waals surface area contributed by atoms with E-state index in [4.69, 9.17) is 4.42 Å². The highest BCUT2D eigenvalue weighted by atomic mass is 19.1. The molecule has 0 amide bonds. The minimum atomic E-state index is -0.639. The number of ketones is 1. The second-order valence-electron chi connectivity index (χ2n) is 7.88. The molecule has 0 radical (unpaired) electrons. The van der Waals surface area contributed by atoms with Crippen LogP contribution in [0, 0.1) is 12.7 Å². The van der Waals surface area contributed by atoms with Gasteiger partial charge in [0, 0.05) is 29.2 Å². The van der Waals surface area contributed by atoms with E-state index < -0.39 is 23.2 Å². The number of aromatic nitrogens is 2. The van der Waals surface area contributed by atoms with Crippen molar-refractivity contribution in [1.82, 2.24) is 9.55 Å². The largest absolute Gasteiger partial charge is 0.503 e. The first-order valence-corrected chi connectivity index (χ1v) is 10.5. The van der Waals surface area contributed by atoms with E-state index in [1.807, 2.05) is 30.5 Å². The van der Waals surface area contributed by atoms with Gasteiger partial charge in [0.05, 0.1) is 11.3 Å². The smallest absolute Gasteiger partial charge is 0.235 e. The van der Waals surface area contributed by atoms with E-state index in [9.17, 15) is 19.4 Å². The van der Waals surface area contributed by atoms with Crippen LogP contribution >= 0.6 is 0 Å². The fourth-order valence-electron chi connectivity index (χ4n) is 4.21. The van der Waals surface area contributed by atoms with Crippen molar-refractivity contribution in [2.24, 2.45) is 0 Å². The van der Waals surface area contributed by atoms with E-state index in [1.165, 1.54) is 28.8 Å². The Morgan fingerprint density at radius 1 is 1.06 bits per heavy atom. The van der Waals surface area contributed by atoms with Crippen LogP contribution in [-0.4, -0.2) is 25.5 Å². The topological polar surface area (TPSA) is 91.4 Å². The fraction of sp³-hybridized carbons (Fsp3) is 0.115. The number of aryl methyl sites for hydroxylation is 2. The number of aromatic amines is 1. The number of rotatable bonds is 6. The quantitative estimate of drug-likeness (QED) is 0.299. The summed E-state index contributed by atoms with van der Waals surface area (Å²) >= 11 is 0. The Morgan fingerprint density at radius 3 is 2.58 bits per heavy atom. The van der Waals surface area contributed by atoms with E-state index in [-0.39, 0.29) is 29.1 Å². The summed E-state index contributed by atoms with van der Waals surface area (Å²) in [6, 6.07) is 16.9. The average molecular weight is 444 g/mol. The van der Waals surface area contributed by atoms with Gasteiger partial charge in [0.15, 0.2) is 11.5 Å². The standard InChI is InChI=1S/C26H21FN2O4/c1-15-10-11-21(33-15)24(30)22-23(18-7-2-4-8-19(18)27)29(26(32)25(22)31)13-12-16-14-28-20-9-5-3-6-17(16)20/h2-11,14,28,31-32H,12-13H2,1H3. The molecule has 0 aliphatic carbocycles. The summed E-state index contributed by atoms with van der Waals surface area (Å²) in [6.07, 6.45) is 2.35. The van der Waals surface area contributed by atoms with E-state index in [1.54, 1.807) is 19.1 Å². The lowest BCUT2D eigenvalue weighted by molar-refractivity contribution is 0.101. The maximum Gasteiger partial charge on any atom is 0.235 e. The third-order valence-electron chi connectivity index (χ3n) is 5.81. The van der Waals surface area contributed by atoms with Crippen molar-refractivity contribution in [2.75, 3.05) is 0 Å². The van der Waals surface area contributed by atoms with Gasteiger partial charge in [-0.1, -0.05) is 30.3 Å². The number of nitrogens with zero attached hydrogens (tertiary/aromatic N) is 1. The Bertz CT molecular complexity index is 1490. The molecular formula is C26H21FN2O4. The molecule has 0 bridgehead atoms. The summed E-state index contributed by atoms with van der Waals surface area (Å²) in [5, 5.41) is 22.6. The number of hydrogen-bond acceptors (Lipinski definition) is 4. The molecular weight excluding hydrogens is 423 g/mol. The molecule has 3 heterocycles. The first-order valence-electron chi connectivity index (χ1n) is 10.5. The summed E-state index contributed by atoms with van der Waals surface area (Å²) in [6.45, 7) is 1.90. The maximum absolute atomic E-state index is 14.9. The zero-order valence-electron chi connectivity index (χ0n) is 17.8. The van der Waals surface area contributed by atoms with Gasteiger partial charge in [-0.05, 0) is 49.2 Å². The molecule has 0 fully saturated rings. The van der Waals surface area contributed by atoms with E-state index in [2.05, 4.69) is 4.98 Å². The molecule has 33 heavy (non-hydrogen) atoms. The number of carbonyl (C=O) groups is 1. The summed E-state index contributed by atoms with van der Waals surface area (Å²) in [5.41, 5.74) is 1.96. The zero-order chi connectivity index (χ0) is 23.1. The molecule has 0 saturated carbocycles. The molecule has 2 aromatic carbocycles. The summed E-state index contributed by atoms with van der Waals surface area (Å²) < 4.78 is 21.7. The number of H-pyrrole nitrogens is 1. The van der Waals surface area contributed by atoms with Crippen LogP contribution in [0.2, 0.25) is 0 Å². The number of nitrogens with one attached hydrogen (secondary N) is 1. The van der Waals surface area contributed by atoms with Crippen molar-refractivity contribution in [3.63, 3.8) is 0 Å². The number of carbonyl (C=O) groups excluding carboxylic acids is 1. The summed E-state index contributed by atoms with van der Waals surface area (Å²) in [5.74, 6) is -1.80. The van der Waals surface area contributed by atoms with Crippen LogP contribution in [-0.2, 0) is 13.0 Å². The lowest BCUT2D eigenvalue weighted by atomic mass is 10.0. The van der Waals surface area contributed by atoms with Gasteiger partial charge in [-0.2, -0.15) is 0 Å². The Kier molecular flexibility index (Phi) is 5.01.